The van der Waals surface area contributed by atoms with Gasteiger partial charge in [0.1, 0.15) is 17.7 Å². The molecule has 168 valence electrons. The summed E-state index contributed by atoms with van der Waals surface area (Å²) >= 11 is 0. The predicted octanol–water partition coefficient (Wildman–Crippen LogP) is 4.23. The lowest BCUT2D eigenvalue weighted by Crippen LogP contribution is -2.34. The lowest BCUT2D eigenvalue weighted by Gasteiger charge is -2.19. The summed E-state index contributed by atoms with van der Waals surface area (Å²) < 4.78 is 0. The van der Waals surface area contributed by atoms with Crippen LogP contribution in [0.25, 0.3) is 11.1 Å². The second-order valence-electron chi connectivity index (χ2n) is 7.80. The average molecular weight is 449 g/mol. The summed E-state index contributed by atoms with van der Waals surface area (Å²) in [6.45, 7) is 2.43. The van der Waals surface area contributed by atoms with Crippen molar-refractivity contribution in [3.63, 3.8) is 0 Å². The number of pyridine rings is 1. The molecule has 1 unspecified atom stereocenters. The van der Waals surface area contributed by atoms with E-state index >= 15 is 0 Å². The Morgan fingerprint density at radius 2 is 1.62 bits per heavy atom. The summed E-state index contributed by atoms with van der Waals surface area (Å²) in [5.74, 6) is 0.987. The van der Waals surface area contributed by atoms with Crippen molar-refractivity contribution < 1.29 is 4.79 Å². The van der Waals surface area contributed by atoms with Crippen LogP contribution in [0.1, 0.15) is 28.6 Å². The fraction of sp³-hybridized carbons (Fsp3) is 0.148. The molecular formula is C27H24N6O. The molecule has 1 amide bonds. The molecular weight excluding hydrogens is 424 g/mol. The number of anilines is 1. The highest BCUT2D eigenvalue weighted by molar-refractivity contribution is 5.94. The van der Waals surface area contributed by atoms with Gasteiger partial charge in [-0.2, -0.15) is 5.26 Å². The first-order valence-corrected chi connectivity index (χ1v) is 11.0. The third-order valence-electron chi connectivity index (χ3n) is 5.37. The Kier molecular flexibility index (Phi) is 7.33. The molecule has 0 fully saturated rings. The van der Waals surface area contributed by atoms with Crippen LogP contribution in [-0.4, -0.2) is 27.4 Å². The Morgan fingerprint density at radius 3 is 2.26 bits per heavy atom. The fourth-order valence-corrected chi connectivity index (χ4v) is 3.49. The number of carbonyl (C=O) groups excluding carboxylic acids is 1. The topological polar surface area (TPSA) is 104 Å². The van der Waals surface area contributed by atoms with E-state index in [4.69, 9.17) is 5.26 Å². The molecule has 2 aromatic carbocycles. The van der Waals surface area contributed by atoms with E-state index in [-0.39, 0.29) is 5.91 Å². The van der Waals surface area contributed by atoms with E-state index in [1.807, 2.05) is 55.5 Å². The molecule has 2 N–H and O–H groups in total. The number of nitrogens with one attached hydrogen (secondary N) is 2. The number of hydrogen-bond donors (Lipinski definition) is 2. The molecule has 2 heterocycles. The second kappa shape index (κ2) is 10.9. The van der Waals surface area contributed by atoms with Gasteiger partial charge in [-0.1, -0.05) is 42.5 Å². The smallest absolute Gasteiger partial charge is 0.247 e. The first-order chi connectivity index (χ1) is 16.6. The standard InChI is InChI=1S/C27H24N6O/c1-19-30-17-24(18-31-19)23-11-12-25(32-16-23)33-27(34)26(22-5-3-2-4-6-22)29-14-13-20-7-9-21(15-28)10-8-20/h2-12,16-18,26,29H,13-14H2,1H3,(H,32,33,34). The van der Waals surface area contributed by atoms with Gasteiger partial charge in [0, 0.05) is 36.3 Å². The summed E-state index contributed by atoms with van der Waals surface area (Å²) in [5, 5.41) is 15.2. The normalized spacial score (nSPS) is 11.4. The number of nitrogens with zero attached hydrogens (tertiary/aromatic N) is 4. The molecule has 7 heteroatoms. The van der Waals surface area contributed by atoms with Crippen molar-refractivity contribution in [1.82, 2.24) is 20.3 Å². The third-order valence-corrected chi connectivity index (χ3v) is 5.37. The van der Waals surface area contributed by atoms with Crippen molar-refractivity contribution in [2.75, 3.05) is 11.9 Å². The minimum Gasteiger partial charge on any atom is -0.309 e. The molecule has 0 spiro atoms. The first-order valence-electron chi connectivity index (χ1n) is 11.0. The molecule has 34 heavy (non-hydrogen) atoms. The average Bonchev–Trinajstić information content (AvgIpc) is 2.88. The molecule has 4 aromatic rings. The molecule has 0 aliphatic rings. The maximum atomic E-state index is 13.2. The molecule has 0 aliphatic carbocycles. The summed E-state index contributed by atoms with van der Waals surface area (Å²) in [7, 11) is 0. The van der Waals surface area contributed by atoms with Crippen molar-refractivity contribution in [1.29, 1.82) is 5.26 Å². The Labute approximate surface area is 198 Å². The fourth-order valence-electron chi connectivity index (χ4n) is 3.49. The van der Waals surface area contributed by atoms with E-state index < -0.39 is 6.04 Å². The van der Waals surface area contributed by atoms with Crippen LogP contribution in [0.4, 0.5) is 5.82 Å². The summed E-state index contributed by atoms with van der Waals surface area (Å²) in [5.41, 5.74) is 4.33. The number of aromatic nitrogens is 3. The number of amides is 1. The van der Waals surface area contributed by atoms with Crippen LogP contribution in [0.15, 0.2) is 85.3 Å². The number of benzene rings is 2. The van der Waals surface area contributed by atoms with Gasteiger partial charge in [-0.05, 0) is 48.7 Å². The molecule has 1 atom stereocenters. The molecule has 2 aromatic heterocycles. The Morgan fingerprint density at radius 1 is 0.912 bits per heavy atom. The van der Waals surface area contributed by atoms with Gasteiger partial charge in [0.05, 0.1) is 11.6 Å². The largest absolute Gasteiger partial charge is 0.309 e. The van der Waals surface area contributed by atoms with Crippen molar-refractivity contribution in [3.05, 3.63) is 108 Å². The van der Waals surface area contributed by atoms with Crippen LogP contribution >= 0.6 is 0 Å². The lowest BCUT2D eigenvalue weighted by atomic mass is 10.0. The van der Waals surface area contributed by atoms with Crippen LogP contribution in [-0.2, 0) is 11.2 Å². The Bertz CT molecular complexity index is 1260. The number of carbonyl (C=O) groups is 1. The summed E-state index contributed by atoms with van der Waals surface area (Å²) in [6, 6.07) is 22.3. The van der Waals surface area contributed by atoms with Gasteiger partial charge < -0.3 is 10.6 Å². The minimum atomic E-state index is -0.536. The maximum absolute atomic E-state index is 13.2. The van der Waals surface area contributed by atoms with Gasteiger partial charge in [-0.3, -0.25) is 4.79 Å². The van der Waals surface area contributed by atoms with Crippen LogP contribution in [0.2, 0.25) is 0 Å². The SMILES string of the molecule is Cc1ncc(-c2ccc(NC(=O)C(NCCc3ccc(C#N)cc3)c3ccccc3)nc2)cn1. The molecule has 4 rings (SSSR count). The zero-order valence-electron chi connectivity index (χ0n) is 18.8. The van der Waals surface area contributed by atoms with E-state index in [0.29, 0.717) is 23.8 Å². The van der Waals surface area contributed by atoms with Crippen molar-refractivity contribution in [3.8, 4) is 17.2 Å². The maximum Gasteiger partial charge on any atom is 0.247 e. The molecule has 0 aliphatic heterocycles. The van der Waals surface area contributed by atoms with Gasteiger partial charge >= 0.3 is 0 Å². The van der Waals surface area contributed by atoms with E-state index in [9.17, 15) is 4.79 Å². The summed E-state index contributed by atoms with van der Waals surface area (Å²) in [4.78, 5) is 26.0. The molecule has 0 radical (unpaired) electrons. The number of nitriles is 1. The highest BCUT2D eigenvalue weighted by atomic mass is 16.2. The third kappa shape index (κ3) is 5.88. The van der Waals surface area contributed by atoms with Gasteiger partial charge in [0.25, 0.3) is 0 Å². The highest BCUT2D eigenvalue weighted by Crippen LogP contribution is 2.20. The predicted molar refractivity (Wildman–Crippen MR) is 131 cm³/mol. The zero-order chi connectivity index (χ0) is 23.8. The van der Waals surface area contributed by atoms with E-state index in [2.05, 4.69) is 31.7 Å². The number of rotatable bonds is 8. The van der Waals surface area contributed by atoms with E-state index in [1.165, 1.54) is 0 Å². The van der Waals surface area contributed by atoms with Gasteiger partial charge in [-0.25, -0.2) is 15.0 Å². The monoisotopic (exact) mass is 448 g/mol. The molecule has 0 saturated carbocycles. The van der Waals surface area contributed by atoms with E-state index in [1.54, 1.807) is 36.8 Å². The Hall–Kier alpha value is -4.41. The second-order valence-corrected chi connectivity index (χ2v) is 7.80. The quantitative estimate of drug-likeness (QED) is 0.418. The molecule has 0 saturated heterocycles. The minimum absolute atomic E-state index is 0.190. The van der Waals surface area contributed by atoms with Crippen LogP contribution in [0.5, 0.6) is 0 Å². The van der Waals surface area contributed by atoms with Crippen molar-refractivity contribution in [2.24, 2.45) is 0 Å². The van der Waals surface area contributed by atoms with Crippen molar-refractivity contribution in [2.45, 2.75) is 19.4 Å². The van der Waals surface area contributed by atoms with Crippen LogP contribution in [0.3, 0.4) is 0 Å². The molecule has 7 nitrogen and oxygen atoms in total. The van der Waals surface area contributed by atoms with Crippen LogP contribution in [0, 0.1) is 18.3 Å². The van der Waals surface area contributed by atoms with Gasteiger partial charge in [0.2, 0.25) is 5.91 Å². The van der Waals surface area contributed by atoms with Crippen molar-refractivity contribution >= 4 is 11.7 Å². The Balaban J connectivity index is 1.43. The highest BCUT2D eigenvalue weighted by Gasteiger charge is 2.20. The van der Waals surface area contributed by atoms with E-state index in [0.717, 1.165) is 28.7 Å². The zero-order valence-corrected chi connectivity index (χ0v) is 18.8. The summed E-state index contributed by atoms with van der Waals surface area (Å²) in [6.07, 6.45) is 5.93. The number of aryl methyl sites for hydroxylation is 1. The van der Waals surface area contributed by atoms with Crippen LogP contribution < -0.4 is 10.6 Å². The van der Waals surface area contributed by atoms with Gasteiger partial charge in [-0.15, -0.1) is 0 Å². The lowest BCUT2D eigenvalue weighted by molar-refractivity contribution is -0.118. The molecule has 0 bridgehead atoms. The number of hydrogen-bond acceptors (Lipinski definition) is 6. The van der Waals surface area contributed by atoms with Gasteiger partial charge in [0.15, 0.2) is 0 Å². The first kappa shape index (κ1) is 22.8.